The highest BCUT2D eigenvalue weighted by Gasteiger charge is 2.29. The Labute approximate surface area is 172 Å². The summed E-state index contributed by atoms with van der Waals surface area (Å²) >= 11 is 6.20. The Morgan fingerprint density at radius 2 is 1.90 bits per heavy atom. The van der Waals surface area contributed by atoms with Crippen LogP contribution in [0.5, 0.6) is 0 Å². The van der Waals surface area contributed by atoms with Crippen LogP contribution in [-0.2, 0) is 4.79 Å². The van der Waals surface area contributed by atoms with Crippen LogP contribution >= 0.6 is 11.6 Å². The first-order chi connectivity index (χ1) is 14.0. The molecule has 1 amide bonds. The number of carbonyl (C=O) groups is 2. The van der Waals surface area contributed by atoms with E-state index >= 15 is 0 Å². The molecule has 144 valence electrons. The van der Waals surface area contributed by atoms with E-state index in [0.29, 0.717) is 39.1 Å². The minimum absolute atomic E-state index is 0.276. The molecule has 0 radical (unpaired) electrons. The summed E-state index contributed by atoms with van der Waals surface area (Å²) in [6, 6.07) is 16.1. The van der Waals surface area contributed by atoms with E-state index in [1.54, 1.807) is 43.3 Å². The molecule has 5 nitrogen and oxygen atoms in total. The molecule has 3 aromatic rings. The van der Waals surface area contributed by atoms with Gasteiger partial charge in [0.15, 0.2) is 0 Å². The Morgan fingerprint density at radius 1 is 1.07 bits per heavy atom. The van der Waals surface area contributed by atoms with Crippen molar-refractivity contribution in [2.45, 2.75) is 13.8 Å². The highest BCUT2D eigenvalue weighted by molar-refractivity contribution is 6.32. The highest BCUT2D eigenvalue weighted by atomic mass is 35.5. The van der Waals surface area contributed by atoms with Crippen molar-refractivity contribution in [3.8, 4) is 11.3 Å². The molecule has 0 bridgehead atoms. The van der Waals surface area contributed by atoms with Crippen molar-refractivity contribution in [2.75, 3.05) is 5.01 Å². The van der Waals surface area contributed by atoms with Crippen molar-refractivity contribution in [1.29, 1.82) is 0 Å². The Morgan fingerprint density at radius 3 is 2.66 bits per heavy atom. The van der Waals surface area contributed by atoms with Crippen LogP contribution in [0.15, 0.2) is 69.7 Å². The van der Waals surface area contributed by atoms with E-state index in [4.69, 9.17) is 16.0 Å². The minimum atomic E-state index is -0.276. The molecular formula is C23H17ClN2O3. The Balaban J connectivity index is 1.63. The van der Waals surface area contributed by atoms with Gasteiger partial charge in [0.25, 0.3) is 5.91 Å². The number of amides is 1. The van der Waals surface area contributed by atoms with Crippen LogP contribution in [0.4, 0.5) is 5.69 Å². The third-order valence-corrected chi connectivity index (χ3v) is 5.09. The van der Waals surface area contributed by atoms with Gasteiger partial charge < -0.3 is 4.42 Å². The third kappa shape index (κ3) is 3.65. The predicted octanol–water partition coefficient (Wildman–Crippen LogP) is 5.53. The van der Waals surface area contributed by atoms with Crippen LogP contribution in [0.2, 0.25) is 5.02 Å². The number of aryl methyl sites for hydroxylation is 1. The molecule has 2 aromatic carbocycles. The lowest BCUT2D eigenvalue weighted by Gasteiger charge is -2.11. The number of hydrazone groups is 1. The maximum Gasteiger partial charge on any atom is 0.280 e. The van der Waals surface area contributed by atoms with Crippen LogP contribution in [0.1, 0.15) is 28.6 Å². The van der Waals surface area contributed by atoms with Crippen LogP contribution in [-0.4, -0.2) is 17.9 Å². The van der Waals surface area contributed by atoms with Crippen LogP contribution < -0.4 is 5.01 Å². The zero-order valence-corrected chi connectivity index (χ0v) is 16.6. The first kappa shape index (κ1) is 18.9. The topological polar surface area (TPSA) is 62.9 Å². The summed E-state index contributed by atoms with van der Waals surface area (Å²) in [6.07, 6.45) is 2.41. The molecule has 29 heavy (non-hydrogen) atoms. The molecule has 6 heteroatoms. The summed E-state index contributed by atoms with van der Waals surface area (Å²) in [5.74, 6) is 0.925. The van der Waals surface area contributed by atoms with Gasteiger partial charge in [-0.3, -0.25) is 9.59 Å². The molecule has 0 N–H and O–H groups in total. The fraction of sp³-hybridized carbons (Fsp3) is 0.0870. The summed E-state index contributed by atoms with van der Waals surface area (Å²) in [5.41, 5.74) is 3.88. The minimum Gasteiger partial charge on any atom is -0.457 e. The standard InChI is InChI=1S/C23H17ClN2O3/c1-14-6-7-17(11-21(14)24)22-9-8-19(29-22)12-20-15(2)25-26(23(20)28)18-5-3-4-16(10-18)13-27/h3-13H,1-2H3/b20-12+. The van der Waals surface area contributed by atoms with Gasteiger partial charge in [0.05, 0.1) is 17.0 Å². The zero-order valence-electron chi connectivity index (χ0n) is 15.8. The molecule has 0 unspecified atom stereocenters. The Bertz CT molecular complexity index is 1190. The molecule has 1 aliphatic rings. The normalized spacial score (nSPS) is 15.1. The second-order valence-electron chi connectivity index (χ2n) is 6.74. The second-order valence-corrected chi connectivity index (χ2v) is 7.15. The molecule has 2 heterocycles. The van der Waals surface area contributed by atoms with Gasteiger partial charge in [0.1, 0.15) is 17.8 Å². The fourth-order valence-electron chi connectivity index (χ4n) is 3.06. The molecule has 0 atom stereocenters. The van der Waals surface area contributed by atoms with E-state index in [2.05, 4.69) is 5.10 Å². The maximum absolute atomic E-state index is 12.9. The van der Waals surface area contributed by atoms with Gasteiger partial charge in [-0.25, -0.2) is 0 Å². The Kier molecular flexibility index (Phi) is 4.91. The number of rotatable bonds is 4. The van der Waals surface area contributed by atoms with Crippen LogP contribution in [0.25, 0.3) is 17.4 Å². The van der Waals surface area contributed by atoms with Gasteiger partial charge in [-0.1, -0.05) is 35.9 Å². The van der Waals surface area contributed by atoms with Crippen molar-refractivity contribution in [2.24, 2.45) is 5.10 Å². The largest absolute Gasteiger partial charge is 0.457 e. The smallest absolute Gasteiger partial charge is 0.280 e. The van der Waals surface area contributed by atoms with Crippen molar-refractivity contribution < 1.29 is 14.0 Å². The average Bonchev–Trinajstić information content (AvgIpc) is 3.30. The lowest BCUT2D eigenvalue weighted by Crippen LogP contribution is -2.21. The third-order valence-electron chi connectivity index (χ3n) is 4.68. The number of anilines is 1. The van der Waals surface area contributed by atoms with Gasteiger partial charge in [-0.05, 0) is 55.8 Å². The second kappa shape index (κ2) is 7.53. The zero-order chi connectivity index (χ0) is 20.5. The van der Waals surface area contributed by atoms with Gasteiger partial charge in [-0.2, -0.15) is 10.1 Å². The maximum atomic E-state index is 12.9. The van der Waals surface area contributed by atoms with E-state index in [1.165, 1.54) is 5.01 Å². The number of aldehydes is 1. The fourth-order valence-corrected chi connectivity index (χ4v) is 3.24. The van der Waals surface area contributed by atoms with E-state index in [-0.39, 0.29) is 5.91 Å². The predicted molar refractivity (Wildman–Crippen MR) is 114 cm³/mol. The van der Waals surface area contributed by atoms with E-state index in [0.717, 1.165) is 17.4 Å². The average molecular weight is 405 g/mol. The number of carbonyl (C=O) groups excluding carboxylic acids is 2. The first-order valence-electron chi connectivity index (χ1n) is 8.99. The molecule has 1 aliphatic heterocycles. The summed E-state index contributed by atoms with van der Waals surface area (Å²) in [6.45, 7) is 3.70. The molecule has 0 spiro atoms. The van der Waals surface area contributed by atoms with Crippen molar-refractivity contribution >= 4 is 41.3 Å². The lowest BCUT2D eigenvalue weighted by atomic mass is 10.1. The number of furan rings is 1. The van der Waals surface area contributed by atoms with E-state index < -0.39 is 0 Å². The van der Waals surface area contributed by atoms with Gasteiger partial charge in [-0.15, -0.1) is 0 Å². The summed E-state index contributed by atoms with van der Waals surface area (Å²) < 4.78 is 5.89. The molecule has 4 rings (SSSR count). The lowest BCUT2D eigenvalue weighted by molar-refractivity contribution is -0.114. The van der Waals surface area contributed by atoms with Crippen molar-refractivity contribution in [3.63, 3.8) is 0 Å². The summed E-state index contributed by atoms with van der Waals surface area (Å²) in [4.78, 5) is 23.9. The van der Waals surface area contributed by atoms with Crippen molar-refractivity contribution in [1.82, 2.24) is 0 Å². The quantitative estimate of drug-likeness (QED) is 0.424. The number of benzene rings is 2. The first-order valence-corrected chi connectivity index (χ1v) is 9.37. The van der Waals surface area contributed by atoms with Crippen molar-refractivity contribution in [3.05, 3.63) is 82.1 Å². The molecular weight excluding hydrogens is 388 g/mol. The molecule has 0 aliphatic carbocycles. The SMILES string of the molecule is CC1=NN(c2cccc(C=O)c2)C(=O)/C1=C/c1ccc(-c2ccc(C)c(Cl)c2)o1. The number of halogens is 1. The number of hydrogen-bond acceptors (Lipinski definition) is 4. The van der Waals surface area contributed by atoms with Gasteiger partial charge in [0.2, 0.25) is 0 Å². The molecule has 0 fully saturated rings. The summed E-state index contributed by atoms with van der Waals surface area (Å²) in [5, 5.41) is 6.29. The van der Waals surface area contributed by atoms with Crippen LogP contribution in [0.3, 0.4) is 0 Å². The van der Waals surface area contributed by atoms with Gasteiger partial charge in [0, 0.05) is 16.1 Å². The monoisotopic (exact) mass is 404 g/mol. The number of hydrogen-bond donors (Lipinski definition) is 0. The molecule has 0 saturated carbocycles. The molecule has 0 saturated heterocycles. The highest BCUT2D eigenvalue weighted by Crippen LogP contribution is 2.29. The van der Waals surface area contributed by atoms with Crippen LogP contribution in [0, 0.1) is 6.92 Å². The number of nitrogens with zero attached hydrogens (tertiary/aromatic N) is 2. The van der Waals surface area contributed by atoms with Gasteiger partial charge >= 0.3 is 0 Å². The molecule has 1 aromatic heterocycles. The van der Waals surface area contributed by atoms with E-state index in [9.17, 15) is 9.59 Å². The Hall–Kier alpha value is -3.44. The summed E-state index contributed by atoms with van der Waals surface area (Å²) in [7, 11) is 0. The van der Waals surface area contributed by atoms with E-state index in [1.807, 2.05) is 31.2 Å².